The minimum Gasteiger partial charge on any atom is -0.366 e. The molecule has 3 rings (SSSR count). The number of carbonyl (C=O) groups is 1. The van der Waals surface area contributed by atoms with Crippen LogP contribution in [0.25, 0.3) is 0 Å². The predicted molar refractivity (Wildman–Crippen MR) is 112 cm³/mol. The van der Waals surface area contributed by atoms with Crippen molar-refractivity contribution in [1.82, 2.24) is 10.2 Å². The fourth-order valence-corrected chi connectivity index (χ4v) is 4.55. The van der Waals surface area contributed by atoms with Gasteiger partial charge in [-0.1, -0.05) is 18.2 Å². The van der Waals surface area contributed by atoms with Crippen molar-refractivity contribution in [3.05, 3.63) is 56.8 Å². The molecule has 0 spiro atoms. The Labute approximate surface area is 169 Å². The largest absolute Gasteiger partial charge is 0.366 e. The van der Waals surface area contributed by atoms with Crippen LogP contribution in [0.2, 0.25) is 0 Å². The Morgan fingerprint density at radius 1 is 1.29 bits per heavy atom. The van der Waals surface area contributed by atoms with E-state index in [1.54, 1.807) is 23.5 Å². The molecule has 7 nitrogen and oxygen atoms in total. The zero-order chi connectivity index (χ0) is 20.1. The normalized spacial score (nSPS) is 16.2. The molecule has 1 saturated heterocycles. The average molecular weight is 403 g/mol. The van der Waals surface area contributed by atoms with Gasteiger partial charge in [-0.05, 0) is 44.4 Å². The van der Waals surface area contributed by atoms with Gasteiger partial charge < -0.3 is 15.1 Å². The summed E-state index contributed by atoms with van der Waals surface area (Å²) in [7, 11) is 4.03. The van der Waals surface area contributed by atoms with Crippen molar-refractivity contribution in [3.8, 4) is 0 Å². The molecule has 1 atom stereocenters. The van der Waals surface area contributed by atoms with Crippen LogP contribution in [0.4, 0.5) is 11.4 Å². The number of carbonyl (C=O) groups excluding carboxylic acids is 1. The van der Waals surface area contributed by atoms with Gasteiger partial charge in [-0.25, -0.2) is 0 Å². The van der Waals surface area contributed by atoms with E-state index >= 15 is 0 Å². The molecule has 0 saturated carbocycles. The Hall–Kier alpha value is -2.45. The zero-order valence-corrected chi connectivity index (χ0v) is 17.0. The van der Waals surface area contributed by atoms with Crippen molar-refractivity contribution < 1.29 is 9.72 Å². The number of para-hydroxylation sites is 2. The first-order chi connectivity index (χ1) is 13.5. The topological polar surface area (TPSA) is 78.7 Å². The first kappa shape index (κ1) is 20.3. The number of amides is 1. The van der Waals surface area contributed by atoms with Crippen LogP contribution in [-0.2, 0) is 4.79 Å². The molecule has 0 aliphatic carbocycles. The molecule has 150 valence electrons. The van der Waals surface area contributed by atoms with Crippen molar-refractivity contribution in [1.29, 1.82) is 0 Å². The van der Waals surface area contributed by atoms with Crippen LogP contribution < -0.4 is 10.2 Å². The lowest BCUT2D eigenvalue weighted by molar-refractivity contribution is -0.384. The molecule has 1 amide bonds. The summed E-state index contributed by atoms with van der Waals surface area (Å²) in [6.07, 6.45) is 1.40. The second kappa shape index (κ2) is 9.16. The number of likely N-dealkylation sites (N-methyl/N-ethyl adjacent to an activating group) is 1. The summed E-state index contributed by atoms with van der Waals surface area (Å²) in [6.45, 7) is 1.87. The van der Waals surface area contributed by atoms with Crippen molar-refractivity contribution in [2.45, 2.75) is 18.9 Å². The van der Waals surface area contributed by atoms with Crippen molar-refractivity contribution in [2.75, 3.05) is 38.6 Å². The quantitative estimate of drug-likeness (QED) is 0.568. The maximum absolute atomic E-state index is 12.7. The number of benzene rings is 1. The van der Waals surface area contributed by atoms with Gasteiger partial charge in [0, 0.05) is 36.5 Å². The Kier molecular flexibility index (Phi) is 6.64. The summed E-state index contributed by atoms with van der Waals surface area (Å²) in [6, 6.07) is 11.1. The Balaban J connectivity index is 1.55. The minimum atomic E-state index is -0.347. The Morgan fingerprint density at radius 3 is 2.61 bits per heavy atom. The molecule has 1 fully saturated rings. The number of anilines is 1. The lowest BCUT2D eigenvalue weighted by Gasteiger charge is -2.33. The number of nitro benzene ring substituents is 1. The van der Waals surface area contributed by atoms with Crippen LogP contribution in [0.5, 0.6) is 0 Å². The Morgan fingerprint density at radius 2 is 2.00 bits per heavy atom. The van der Waals surface area contributed by atoms with Gasteiger partial charge in [0.1, 0.15) is 5.69 Å². The first-order valence-electron chi connectivity index (χ1n) is 9.43. The second-order valence-corrected chi connectivity index (χ2v) is 8.23. The molecule has 0 radical (unpaired) electrons. The number of nitrogens with one attached hydrogen (secondary N) is 1. The van der Waals surface area contributed by atoms with Crippen LogP contribution in [0.15, 0.2) is 41.8 Å². The maximum Gasteiger partial charge on any atom is 0.292 e. The van der Waals surface area contributed by atoms with Gasteiger partial charge >= 0.3 is 0 Å². The van der Waals surface area contributed by atoms with E-state index in [1.165, 1.54) is 10.9 Å². The molecule has 1 aliphatic rings. The molecule has 28 heavy (non-hydrogen) atoms. The molecular formula is C20H26N4O3S. The average Bonchev–Trinajstić information content (AvgIpc) is 3.22. The molecule has 1 N–H and O–H groups in total. The summed E-state index contributed by atoms with van der Waals surface area (Å²) in [5.74, 6) is 0.0239. The Bertz CT molecular complexity index is 802. The molecule has 0 bridgehead atoms. The van der Waals surface area contributed by atoms with Crippen molar-refractivity contribution >= 4 is 28.6 Å². The molecule has 2 aromatic rings. The second-order valence-electron chi connectivity index (χ2n) is 7.25. The highest BCUT2D eigenvalue weighted by molar-refractivity contribution is 7.10. The van der Waals surface area contributed by atoms with Crippen LogP contribution in [0, 0.1) is 16.0 Å². The zero-order valence-electron chi connectivity index (χ0n) is 16.2. The number of hydrogen-bond acceptors (Lipinski definition) is 6. The molecule has 2 heterocycles. The monoisotopic (exact) mass is 402 g/mol. The van der Waals surface area contributed by atoms with E-state index in [-0.39, 0.29) is 28.5 Å². The predicted octanol–water partition coefficient (Wildman–Crippen LogP) is 3.29. The molecular weight excluding hydrogens is 376 g/mol. The van der Waals surface area contributed by atoms with Gasteiger partial charge in [-0.3, -0.25) is 14.9 Å². The van der Waals surface area contributed by atoms with Crippen molar-refractivity contribution in [3.63, 3.8) is 0 Å². The van der Waals surface area contributed by atoms with Gasteiger partial charge in [0.05, 0.1) is 11.0 Å². The first-order valence-corrected chi connectivity index (χ1v) is 10.3. The van der Waals surface area contributed by atoms with Crippen molar-refractivity contribution in [2.24, 2.45) is 5.92 Å². The fourth-order valence-electron chi connectivity index (χ4n) is 3.63. The highest BCUT2D eigenvalue weighted by atomic mass is 32.1. The third-order valence-corrected chi connectivity index (χ3v) is 6.22. The number of piperidine rings is 1. The number of nitrogens with zero attached hydrogens (tertiary/aromatic N) is 3. The van der Waals surface area contributed by atoms with Gasteiger partial charge in [-0.2, -0.15) is 0 Å². The number of hydrogen-bond donors (Lipinski definition) is 1. The van der Waals surface area contributed by atoms with E-state index in [2.05, 4.69) is 16.3 Å². The molecule has 1 aromatic carbocycles. The number of rotatable bonds is 7. The maximum atomic E-state index is 12.7. The third kappa shape index (κ3) is 4.69. The lowest BCUT2D eigenvalue weighted by Crippen LogP contribution is -2.42. The van der Waals surface area contributed by atoms with Gasteiger partial charge in [0.15, 0.2) is 0 Å². The lowest BCUT2D eigenvalue weighted by atomic mass is 9.95. The standard InChI is InChI=1S/C20H26N4O3S/c1-22(2)18(19-8-5-13-28-19)14-21-20(25)15-9-11-23(12-10-15)16-6-3-4-7-17(16)24(26)27/h3-8,13,15,18H,9-12,14H2,1-2H3,(H,21,25). The van der Waals surface area contributed by atoms with Gasteiger partial charge in [0.25, 0.3) is 5.69 Å². The SMILES string of the molecule is CN(C)C(CNC(=O)C1CCN(c2ccccc2[N+](=O)[O-])CC1)c1cccs1. The third-order valence-electron chi connectivity index (χ3n) is 5.25. The van der Waals surface area contributed by atoms with E-state index in [0.717, 1.165) is 0 Å². The van der Waals surface area contributed by atoms with E-state index in [4.69, 9.17) is 0 Å². The summed E-state index contributed by atoms with van der Waals surface area (Å²) >= 11 is 1.69. The summed E-state index contributed by atoms with van der Waals surface area (Å²) in [5, 5.41) is 16.4. The highest BCUT2D eigenvalue weighted by Crippen LogP contribution is 2.31. The van der Waals surface area contributed by atoms with E-state index in [9.17, 15) is 14.9 Å². The van der Waals surface area contributed by atoms with Gasteiger partial charge in [-0.15, -0.1) is 11.3 Å². The van der Waals surface area contributed by atoms with Crippen LogP contribution in [0.3, 0.4) is 0 Å². The van der Waals surface area contributed by atoms with Crippen LogP contribution >= 0.6 is 11.3 Å². The number of thiophene rings is 1. The molecule has 1 aromatic heterocycles. The van der Waals surface area contributed by atoms with Crippen LogP contribution in [-0.4, -0.2) is 49.5 Å². The smallest absolute Gasteiger partial charge is 0.292 e. The summed E-state index contributed by atoms with van der Waals surface area (Å²) in [4.78, 5) is 28.9. The van der Waals surface area contributed by atoms with Crippen LogP contribution in [0.1, 0.15) is 23.8 Å². The minimum absolute atomic E-state index is 0.0508. The van der Waals surface area contributed by atoms with E-state index in [1.807, 2.05) is 36.5 Å². The van der Waals surface area contributed by atoms with Gasteiger partial charge in [0.2, 0.25) is 5.91 Å². The summed E-state index contributed by atoms with van der Waals surface area (Å²) < 4.78 is 0. The molecule has 1 unspecified atom stereocenters. The molecule has 8 heteroatoms. The van der Waals surface area contributed by atoms with E-state index < -0.39 is 0 Å². The summed E-state index contributed by atoms with van der Waals surface area (Å²) in [5.41, 5.74) is 0.756. The highest BCUT2D eigenvalue weighted by Gasteiger charge is 2.28. The molecule has 1 aliphatic heterocycles. The van der Waals surface area contributed by atoms with E-state index in [0.29, 0.717) is 38.2 Å². The fraction of sp³-hybridized carbons (Fsp3) is 0.450. The number of nitro groups is 1.